The van der Waals surface area contributed by atoms with Crippen molar-refractivity contribution in [3.8, 4) is 0 Å². The normalized spacial score (nSPS) is 20.0. The van der Waals surface area contributed by atoms with Crippen LogP contribution in [0.3, 0.4) is 0 Å². The zero-order valence-corrected chi connectivity index (χ0v) is 19.4. The minimum atomic E-state index is -3.90. The van der Waals surface area contributed by atoms with Crippen LogP contribution in [-0.4, -0.2) is 34.0 Å². The summed E-state index contributed by atoms with van der Waals surface area (Å²) in [4.78, 5) is 16.2. The van der Waals surface area contributed by atoms with E-state index < -0.39 is 22.1 Å². The van der Waals surface area contributed by atoms with Crippen molar-refractivity contribution in [1.29, 1.82) is 0 Å². The molecule has 9 heteroatoms. The number of rotatable bonds is 5. The molecule has 1 aliphatic rings. The summed E-state index contributed by atoms with van der Waals surface area (Å²) in [5.74, 6) is 0.558. The molecule has 3 aromatic rings. The van der Waals surface area contributed by atoms with E-state index in [9.17, 15) is 17.6 Å². The van der Waals surface area contributed by atoms with Gasteiger partial charge >= 0.3 is 0 Å². The lowest BCUT2D eigenvalue weighted by atomic mass is 9.87. The molecule has 1 amide bonds. The zero-order chi connectivity index (χ0) is 23.3. The average molecular weight is 461 g/mol. The molecule has 0 unspecified atom stereocenters. The van der Waals surface area contributed by atoms with Crippen LogP contribution < -0.4 is 5.73 Å². The van der Waals surface area contributed by atoms with E-state index in [1.807, 2.05) is 0 Å². The van der Waals surface area contributed by atoms with E-state index in [-0.39, 0.29) is 15.9 Å². The summed E-state index contributed by atoms with van der Waals surface area (Å²) in [6.45, 7) is 6.96. The molecule has 0 bridgehead atoms. The summed E-state index contributed by atoms with van der Waals surface area (Å²) >= 11 is 0. The molecule has 0 aliphatic heterocycles. The Morgan fingerprint density at radius 1 is 1.19 bits per heavy atom. The maximum absolute atomic E-state index is 13.6. The number of hydrogen-bond donors (Lipinski definition) is 1. The number of carbonyl (C=O) groups is 1. The number of fused-ring (bicyclic) bond motifs is 1. The van der Waals surface area contributed by atoms with Crippen LogP contribution in [0.2, 0.25) is 0 Å². The molecule has 1 aromatic carbocycles. The van der Waals surface area contributed by atoms with Crippen LogP contribution in [0.25, 0.3) is 11.0 Å². The van der Waals surface area contributed by atoms with E-state index in [0.29, 0.717) is 24.3 Å². The number of nitrogens with zero attached hydrogens (tertiary/aromatic N) is 3. The summed E-state index contributed by atoms with van der Waals surface area (Å²) in [5.41, 5.74) is 6.58. The molecule has 1 saturated carbocycles. The van der Waals surface area contributed by atoms with Crippen molar-refractivity contribution in [3.05, 3.63) is 48.0 Å². The molecule has 0 saturated heterocycles. The fourth-order valence-corrected chi connectivity index (χ4v) is 5.60. The summed E-state index contributed by atoms with van der Waals surface area (Å²) < 4.78 is 42.9. The Balaban J connectivity index is 1.75. The fourth-order valence-electron chi connectivity index (χ4n) is 4.38. The van der Waals surface area contributed by atoms with Gasteiger partial charge in [-0.3, -0.25) is 4.79 Å². The second-order valence-electron chi connectivity index (χ2n) is 9.66. The van der Waals surface area contributed by atoms with Gasteiger partial charge in [-0.1, -0.05) is 20.8 Å². The Morgan fingerprint density at radius 3 is 2.47 bits per heavy atom. The molecule has 0 radical (unpaired) electrons. The molecule has 0 spiro atoms. The summed E-state index contributed by atoms with van der Waals surface area (Å²) in [5, 5.41) is 0. The van der Waals surface area contributed by atoms with Crippen LogP contribution in [0.1, 0.15) is 62.6 Å². The van der Waals surface area contributed by atoms with Crippen molar-refractivity contribution in [3.63, 3.8) is 0 Å². The third-order valence-corrected chi connectivity index (χ3v) is 7.77. The minimum absolute atomic E-state index is 0.0830. The van der Waals surface area contributed by atoms with Gasteiger partial charge in [0, 0.05) is 24.4 Å². The quantitative estimate of drug-likeness (QED) is 0.622. The van der Waals surface area contributed by atoms with Gasteiger partial charge in [0.15, 0.2) is 0 Å². The number of alkyl halides is 1. The standard InChI is InChI=1S/C23H29FN4O3S/c1-23(2,3)22-26-19-12-18(32(30,31)27-11-10-16(14-27)21(25)29)8-9-20(19)28(22)13-15-4-6-17(24)7-5-15/h8-12,14-15,17H,4-7,13H2,1-3H3,(H2,25,29). The first-order valence-electron chi connectivity index (χ1n) is 10.8. The molecule has 172 valence electrons. The van der Waals surface area contributed by atoms with Crippen molar-refractivity contribution < 1.29 is 17.6 Å². The Bertz CT molecular complexity index is 1260. The van der Waals surface area contributed by atoms with E-state index in [4.69, 9.17) is 10.7 Å². The van der Waals surface area contributed by atoms with Crippen molar-refractivity contribution >= 4 is 27.0 Å². The lowest BCUT2D eigenvalue weighted by Crippen LogP contribution is -2.24. The lowest BCUT2D eigenvalue weighted by Gasteiger charge is -2.27. The van der Waals surface area contributed by atoms with E-state index in [2.05, 4.69) is 25.3 Å². The third-order valence-electron chi connectivity index (χ3n) is 6.13. The maximum Gasteiger partial charge on any atom is 0.267 e. The SMILES string of the molecule is CC(C)(C)c1nc2cc(S(=O)(=O)n3ccc(C(N)=O)c3)ccc2n1CC1CCC(F)CC1. The van der Waals surface area contributed by atoms with Crippen molar-refractivity contribution in [2.24, 2.45) is 11.7 Å². The third kappa shape index (κ3) is 4.18. The van der Waals surface area contributed by atoms with Gasteiger partial charge in [-0.25, -0.2) is 21.8 Å². The van der Waals surface area contributed by atoms with Gasteiger partial charge in [0.2, 0.25) is 5.91 Å². The number of amides is 1. The molecular formula is C23H29FN4O3S. The Hall–Kier alpha value is -2.68. The number of nitrogens with two attached hydrogens (primary N) is 1. The summed E-state index contributed by atoms with van der Waals surface area (Å²) in [7, 11) is -3.90. The van der Waals surface area contributed by atoms with E-state index in [1.165, 1.54) is 18.5 Å². The highest BCUT2D eigenvalue weighted by Crippen LogP contribution is 2.33. The van der Waals surface area contributed by atoms with E-state index >= 15 is 0 Å². The minimum Gasteiger partial charge on any atom is -0.366 e. The van der Waals surface area contributed by atoms with Gasteiger partial charge in [-0.2, -0.15) is 0 Å². The first-order valence-corrected chi connectivity index (χ1v) is 12.3. The molecule has 32 heavy (non-hydrogen) atoms. The molecule has 2 N–H and O–H groups in total. The molecule has 7 nitrogen and oxygen atoms in total. The highest BCUT2D eigenvalue weighted by Gasteiger charge is 2.28. The highest BCUT2D eigenvalue weighted by molar-refractivity contribution is 7.90. The maximum atomic E-state index is 13.6. The van der Waals surface area contributed by atoms with Crippen LogP contribution in [-0.2, 0) is 22.0 Å². The second-order valence-corrected chi connectivity index (χ2v) is 11.5. The van der Waals surface area contributed by atoms with Gasteiger partial charge < -0.3 is 10.3 Å². The van der Waals surface area contributed by atoms with Crippen LogP contribution in [0.5, 0.6) is 0 Å². The van der Waals surface area contributed by atoms with Crippen molar-refractivity contribution in [1.82, 2.24) is 13.5 Å². The lowest BCUT2D eigenvalue weighted by molar-refractivity contribution is 0.100. The van der Waals surface area contributed by atoms with Gasteiger partial charge in [-0.15, -0.1) is 0 Å². The van der Waals surface area contributed by atoms with Crippen LogP contribution in [0.15, 0.2) is 41.6 Å². The van der Waals surface area contributed by atoms with Crippen molar-refractivity contribution in [2.75, 3.05) is 0 Å². The molecule has 1 aliphatic carbocycles. The molecular weight excluding hydrogens is 431 g/mol. The number of halogens is 1. The average Bonchev–Trinajstić information content (AvgIpc) is 3.35. The van der Waals surface area contributed by atoms with E-state index in [0.717, 1.165) is 34.7 Å². The predicted molar refractivity (Wildman–Crippen MR) is 121 cm³/mol. The largest absolute Gasteiger partial charge is 0.366 e. The molecule has 1 fully saturated rings. The molecule has 2 heterocycles. The Labute approximate surface area is 187 Å². The number of hydrogen-bond acceptors (Lipinski definition) is 4. The van der Waals surface area contributed by atoms with Gasteiger partial charge in [-0.05, 0) is 55.9 Å². The van der Waals surface area contributed by atoms with Crippen LogP contribution >= 0.6 is 0 Å². The van der Waals surface area contributed by atoms with Crippen LogP contribution in [0, 0.1) is 5.92 Å². The topological polar surface area (TPSA) is 100.0 Å². The first-order chi connectivity index (χ1) is 15.0. The predicted octanol–water partition coefficient (Wildman–Crippen LogP) is 4.00. The number of aromatic nitrogens is 3. The van der Waals surface area contributed by atoms with Gasteiger partial charge in [0.05, 0.1) is 21.5 Å². The first kappa shape index (κ1) is 22.5. The highest BCUT2D eigenvalue weighted by atomic mass is 32.2. The van der Waals surface area contributed by atoms with Crippen molar-refractivity contribution in [2.45, 2.75) is 69.5 Å². The second kappa shape index (κ2) is 8.03. The molecule has 4 rings (SSSR count). The molecule has 0 atom stereocenters. The van der Waals surface area contributed by atoms with Gasteiger partial charge in [0.25, 0.3) is 10.0 Å². The summed E-state index contributed by atoms with van der Waals surface area (Å²) in [6, 6.07) is 6.28. The van der Waals surface area contributed by atoms with Gasteiger partial charge in [0.1, 0.15) is 12.0 Å². The zero-order valence-electron chi connectivity index (χ0n) is 18.6. The number of carbonyl (C=O) groups excluding carboxylic acids is 1. The number of primary amides is 1. The Morgan fingerprint density at radius 2 is 1.88 bits per heavy atom. The smallest absolute Gasteiger partial charge is 0.267 e. The number of benzene rings is 1. The fraction of sp³-hybridized carbons (Fsp3) is 0.478. The summed E-state index contributed by atoms with van der Waals surface area (Å²) in [6.07, 6.45) is 4.68. The number of imidazole rings is 1. The monoisotopic (exact) mass is 460 g/mol. The van der Waals surface area contributed by atoms with Crippen LogP contribution in [0.4, 0.5) is 4.39 Å². The van der Waals surface area contributed by atoms with E-state index in [1.54, 1.807) is 18.2 Å². The molecule has 2 aromatic heterocycles. The Kier molecular flexibility index (Phi) is 5.65.